The van der Waals surface area contributed by atoms with E-state index in [1.807, 2.05) is 38.1 Å². The summed E-state index contributed by atoms with van der Waals surface area (Å²) in [5, 5.41) is 0. The zero-order valence-corrected chi connectivity index (χ0v) is 16.1. The van der Waals surface area contributed by atoms with E-state index in [1.165, 1.54) is 0 Å². The van der Waals surface area contributed by atoms with Crippen molar-refractivity contribution in [1.82, 2.24) is 4.98 Å². The Balaban J connectivity index is 2.61. The minimum atomic E-state index is -0.369. The number of hydrogen-bond acceptors (Lipinski definition) is 2. The summed E-state index contributed by atoms with van der Waals surface area (Å²) in [4.78, 5) is 17.5. The molecule has 0 aliphatic heterocycles. The average Bonchev–Trinajstić information content (AvgIpc) is 2.46. The van der Waals surface area contributed by atoms with E-state index in [0.29, 0.717) is 0 Å². The maximum absolute atomic E-state index is 13.0. The lowest BCUT2D eigenvalue weighted by Crippen LogP contribution is -2.29. The van der Waals surface area contributed by atoms with E-state index in [0.717, 1.165) is 21.3 Å². The lowest BCUT2D eigenvalue weighted by molar-refractivity contribution is -0.114. The van der Waals surface area contributed by atoms with Gasteiger partial charge in [-0.1, -0.05) is 68.8 Å². The van der Waals surface area contributed by atoms with Crippen LogP contribution in [0.3, 0.4) is 0 Å². The molecule has 0 spiro atoms. The molecule has 2 nitrogen and oxygen atoms in total. The number of hydrogen-bond donors (Lipinski definition) is 0. The second-order valence-corrected chi connectivity index (χ2v) is 8.51. The molecule has 0 aromatic carbocycles. The first-order valence-corrected chi connectivity index (χ1v) is 8.60. The van der Waals surface area contributed by atoms with E-state index in [-0.39, 0.29) is 22.5 Å². The number of rotatable bonds is 3. The quantitative estimate of drug-likeness (QED) is 0.643. The standard InChI is InChI=1S/C20H24BrNO/c1-7-20(5,6)16-11-13(17-12-14(21)8-9-22-17)10-15(18(16)23)19(2,3)4/h7-13H,1H2,2-6H3. The molecule has 0 N–H and O–H groups in total. The third-order valence-corrected chi connectivity index (χ3v) is 4.77. The molecule has 1 aromatic rings. The molecule has 23 heavy (non-hydrogen) atoms. The van der Waals surface area contributed by atoms with Crippen LogP contribution in [0, 0.1) is 10.8 Å². The van der Waals surface area contributed by atoms with Crippen molar-refractivity contribution in [3.8, 4) is 0 Å². The Morgan fingerprint density at radius 2 is 1.78 bits per heavy atom. The number of carbonyl (C=O) groups excluding carboxylic acids is 1. The van der Waals surface area contributed by atoms with Crippen LogP contribution in [0.2, 0.25) is 0 Å². The third kappa shape index (κ3) is 3.72. The van der Waals surface area contributed by atoms with Crippen molar-refractivity contribution in [3.63, 3.8) is 0 Å². The van der Waals surface area contributed by atoms with Crippen LogP contribution in [0.15, 0.2) is 58.8 Å². The summed E-state index contributed by atoms with van der Waals surface area (Å²) >= 11 is 3.50. The summed E-state index contributed by atoms with van der Waals surface area (Å²) in [5.74, 6) is 0.113. The second-order valence-electron chi connectivity index (χ2n) is 7.59. The zero-order valence-electron chi connectivity index (χ0n) is 14.5. The zero-order chi connectivity index (χ0) is 17.4. The first-order chi connectivity index (χ1) is 10.6. The highest BCUT2D eigenvalue weighted by Crippen LogP contribution is 2.42. The van der Waals surface area contributed by atoms with Gasteiger partial charge in [0.1, 0.15) is 0 Å². The predicted octanol–water partition coefficient (Wildman–Crippen LogP) is 5.62. The largest absolute Gasteiger partial charge is 0.289 e. The van der Waals surface area contributed by atoms with Crippen LogP contribution in [0.1, 0.15) is 46.2 Å². The Morgan fingerprint density at radius 1 is 1.17 bits per heavy atom. The first kappa shape index (κ1) is 17.9. The summed E-state index contributed by atoms with van der Waals surface area (Å²) < 4.78 is 0.989. The Labute approximate surface area is 147 Å². The van der Waals surface area contributed by atoms with Crippen molar-refractivity contribution in [3.05, 3.63) is 64.4 Å². The summed E-state index contributed by atoms with van der Waals surface area (Å²) in [6, 6.07) is 3.91. The van der Waals surface area contributed by atoms with E-state index in [2.05, 4.69) is 54.3 Å². The van der Waals surface area contributed by atoms with Gasteiger partial charge in [-0.3, -0.25) is 9.78 Å². The molecule has 1 aliphatic rings. The van der Waals surface area contributed by atoms with Gasteiger partial charge in [-0.15, -0.1) is 6.58 Å². The normalized spacial score (nSPS) is 19.2. The van der Waals surface area contributed by atoms with Gasteiger partial charge in [0.05, 0.1) is 5.69 Å². The molecule has 1 aliphatic carbocycles. The smallest absolute Gasteiger partial charge is 0.185 e. The van der Waals surface area contributed by atoms with Gasteiger partial charge in [0.25, 0.3) is 0 Å². The summed E-state index contributed by atoms with van der Waals surface area (Å²) in [5.41, 5.74) is 2.00. The van der Waals surface area contributed by atoms with Crippen LogP contribution in [0.5, 0.6) is 0 Å². The summed E-state index contributed by atoms with van der Waals surface area (Å²) in [7, 11) is 0. The Morgan fingerprint density at radius 3 is 2.30 bits per heavy atom. The molecule has 3 heteroatoms. The van der Waals surface area contributed by atoms with Gasteiger partial charge in [0.15, 0.2) is 5.78 Å². The molecule has 0 fully saturated rings. The average molecular weight is 374 g/mol. The van der Waals surface area contributed by atoms with Crippen molar-refractivity contribution < 1.29 is 4.79 Å². The Hall–Kier alpha value is -1.48. The van der Waals surface area contributed by atoms with Crippen LogP contribution in [-0.2, 0) is 4.79 Å². The van der Waals surface area contributed by atoms with E-state index < -0.39 is 0 Å². The number of carbonyl (C=O) groups is 1. The van der Waals surface area contributed by atoms with Crippen LogP contribution in [0.25, 0.3) is 0 Å². The number of aromatic nitrogens is 1. The lowest BCUT2D eigenvalue weighted by atomic mass is 9.70. The molecule has 0 amide bonds. The molecule has 2 rings (SSSR count). The van der Waals surface area contributed by atoms with E-state index in [4.69, 9.17) is 0 Å². The highest BCUT2D eigenvalue weighted by molar-refractivity contribution is 9.10. The van der Waals surface area contributed by atoms with Gasteiger partial charge >= 0.3 is 0 Å². The van der Waals surface area contributed by atoms with Crippen LogP contribution in [0.4, 0.5) is 0 Å². The first-order valence-electron chi connectivity index (χ1n) is 7.80. The monoisotopic (exact) mass is 373 g/mol. The maximum atomic E-state index is 13.0. The van der Waals surface area contributed by atoms with Crippen molar-refractivity contribution >= 4 is 21.7 Å². The van der Waals surface area contributed by atoms with Crippen molar-refractivity contribution in [2.75, 3.05) is 0 Å². The topological polar surface area (TPSA) is 30.0 Å². The van der Waals surface area contributed by atoms with Crippen LogP contribution < -0.4 is 0 Å². The lowest BCUT2D eigenvalue weighted by Gasteiger charge is -2.33. The van der Waals surface area contributed by atoms with Gasteiger partial charge < -0.3 is 0 Å². The summed E-state index contributed by atoms with van der Waals surface area (Å²) in [6.07, 6.45) is 7.72. The van der Waals surface area contributed by atoms with Crippen LogP contribution in [-0.4, -0.2) is 10.8 Å². The second kappa shape index (κ2) is 6.20. The molecule has 122 valence electrons. The van der Waals surface area contributed by atoms with Gasteiger partial charge in [0.2, 0.25) is 0 Å². The predicted molar refractivity (Wildman–Crippen MR) is 99.3 cm³/mol. The molecule has 1 heterocycles. The fourth-order valence-electron chi connectivity index (χ4n) is 2.69. The van der Waals surface area contributed by atoms with Crippen LogP contribution >= 0.6 is 15.9 Å². The number of nitrogens with zero attached hydrogens (tertiary/aromatic N) is 1. The molecule has 0 saturated heterocycles. The molecule has 0 bridgehead atoms. The SMILES string of the molecule is C=CC(C)(C)C1=CC(c2cc(Br)ccn2)C=C(C(C)(C)C)C1=O. The highest BCUT2D eigenvalue weighted by atomic mass is 79.9. The minimum Gasteiger partial charge on any atom is -0.289 e. The third-order valence-electron chi connectivity index (χ3n) is 4.28. The number of Topliss-reactive ketones (excluding diaryl/α,β-unsaturated/α-hetero) is 1. The minimum absolute atomic E-state index is 0.00588. The fraction of sp³-hybridized carbons (Fsp3) is 0.400. The molecule has 1 unspecified atom stereocenters. The number of ketones is 1. The van der Waals surface area contributed by atoms with E-state index in [1.54, 1.807) is 6.20 Å². The highest BCUT2D eigenvalue weighted by Gasteiger charge is 2.36. The van der Waals surface area contributed by atoms with Gasteiger partial charge in [0, 0.05) is 33.1 Å². The van der Waals surface area contributed by atoms with Crippen molar-refractivity contribution in [2.45, 2.75) is 40.5 Å². The number of halogens is 1. The summed E-state index contributed by atoms with van der Waals surface area (Å²) in [6.45, 7) is 14.2. The number of pyridine rings is 1. The maximum Gasteiger partial charge on any atom is 0.185 e. The molecule has 0 radical (unpaired) electrons. The molecular formula is C20H24BrNO. The van der Waals surface area contributed by atoms with Gasteiger partial charge in [-0.25, -0.2) is 0 Å². The molecular weight excluding hydrogens is 350 g/mol. The van der Waals surface area contributed by atoms with E-state index in [9.17, 15) is 4.79 Å². The van der Waals surface area contributed by atoms with Crippen molar-refractivity contribution in [2.24, 2.45) is 10.8 Å². The molecule has 0 saturated carbocycles. The Bertz CT molecular complexity index is 705. The Kier molecular flexibility index (Phi) is 4.81. The van der Waals surface area contributed by atoms with Gasteiger partial charge in [-0.05, 0) is 17.5 Å². The van der Waals surface area contributed by atoms with Crippen molar-refractivity contribution in [1.29, 1.82) is 0 Å². The molecule has 1 aromatic heterocycles. The van der Waals surface area contributed by atoms with Gasteiger partial charge in [-0.2, -0.15) is 0 Å². The van der Waals surface area contributed by atoms with E-state index >= 15 is 0 Å². The molecule has 1 atom stereocenters. The fourth-order valence-corrected chi connectivity index (χ4v) is 3.04. The number of allylic oxidation sites excluding steroid dienone is 5.